The molecule has 2 N–H and O–H groups in total. The second-order valence-corrected chi connectivity index (χ2v) is 4.44. The Morgan fingerprint density at radius 3 is 2.94 bits per heavy atom. The minimum atomic E-state index is -1.02. The van der Waals surface area contributed by atoms with Gasteiger partial charge >= 0.3 is 0 Å². The van der Waals surface area contributed by atoms with Crippen LogP contribution < -0.4 is 5.32 Å². The molecule has 1 aliphatic rings. The number of aromatic hydroxyl groups is 1. The van der Waals surface area contributed by atoms with Crippen LogP contribution in [-0.2, 0) is 11.3 Å². The zero-order valence-electron chi connectivity index (χ0n) is 9.03. The maximum atomic E-state index is 12.9. The first-order valence-electron chi connectivity index (χ1n) is 5.22. The van der Waals surface area contributed by atoms with E-state index in [2.05, 4.69) is 5.32 Å². The second kappa shape index (κ2) is 3.77. The fraction of sp³-hybridized carbons (Fsp3) is 0.417. The summed E-state index contributed by atoms with van der Waals surface area (Å²) >= 11 is 0. The summed E-state index contributed by atoms with van der Waals surface area (Å²) < 4.78 is 12.9. The number of phenolic OH excluding ortho intramolecular Hbond substituents is 1. The van der Waals surface area contributed by atoms with E-state index in [-0.39, 0.29) is 11.7 Å². The molecule has 0 spiro atoms. The van der Waals surface area contributed by atoms with Crippen LogP contribution in [0.4, 0.5) is 4.39 Å². The number of carbonyl (C=O) groups is 1. The number of halogens is 1. The summed E-state index contributed by atoms with van der Waals surface area (Å²) in [7, 11) is 0. The molecule has 1 aliphatic carbocycles. The van der Waals surface area contributed by atoms with Crippen molar-refractivity contribution in [3.63, 3.8) is 0 Å². The molecule has 0 bridgehead atoms. The van der Waals surface area contributed by atoms with Crippen molar-refractivity contribution < 1.29 is 14.3 Å². The van der Waals surface area contributed by atoms with E-state index in [4.69, 9.17) is 0 Å². The minimum Gasteiger partial charge on any atom is -0.508 e. The summed E-state index contributed by atoms with van der Waals surface area (Å²) in [6.45, 7) is 1.94. The summed E-state index contributed by atoms with van der Waals surface area (Å²) in [4.78, 5) is 11.6. The SMILES string of the molecule is C[C@]1(C(=O)NCc2cccc(O)c2)C[C@@H]1F. The Morgan fingerprint density at radius 2 is 2.38 bits per heavy atom. The van der Waals surface area contributed by atoms with Gasteiger partial charge in [-0.15, -0.1) is 0 Å². The number of alkyl halides is 1. The second-order valence-electron chi connectivity index (χ2n) is 4.44. The first-order chi connectivity index (χ1) is 7.52. The first kappa shape index (κ1) is 10.9. The molecular formula is C12H14FNO2. The summed E-state index contributed by atoms with van der Waals surface area (Å²) in [5, 5.41) is 11.9. The molecular weight excluding hydrogens is 209 g/mol. The van der Waals surface area contributed by atoms with E-state index in [1.54, 1.807) is 31.2 Å². The van der Waals surface area contributed by atoms with Gasteiger partial charge in [0.1, 0.15) is 11.9 Å². The fourth-order valence-corrected chi connectivity index (χ4v) is 1.60. The van der Waals surface area contributed by atoms with Gasteiger partial charge in [0.15, 0.2) is 0 Å². The predicted octanol–water partition coefficient (Wildman–Crippen LogP) is 1.76. The molecule has 1 amide bonds. The molecule has 2 atom stereocenters. The zero-order chi connectivity index (χ0) is 11.8. The lowest BCUT2D eigenvalue weighted by Gasteiger charge is -2.10. The lowest BCUT2D eigenvalue weighted by atomic mass is 10.1. The van der Waals surface area contributed by atoms with Gasteiger partial charge < -0.3 is 10.4 Å². The number of benzene rings is 1. The van der Waals surface area contributed by atoms with Crippen LogP contribution in [0, 0.1) is 5.41 Å². The van der Waals surface area contributed by atoms with Crippen molar-refractivity contribution in [2.45, 2.75) is 26.1 Å². The van der Waals surface area contributed by atoms with Gasteiger partial charge in [-0.05, 0) is 31.0 Å². The van der Waals surface area contributed by atoms with Gasteiger partial charge in [-0.2, -0.15) is 0 Å². The Kier molecular flexibility index (Phi) is 2.58. The van der Waals surface area contributed by atoms with Crippen LogP contribution >= 0.6 is 0 Å². The molecule has 2 rings (SSSR count). The summed E-state index contributed by atoms with van der Waals surface area (Å²) in [6.07, 6.45) is -0.713. The van der Waals surface area contributed by atoms with Gasteiger partial charge in [0.25, 0.3) is 0 Å². The van der Waals surface area contributed by atoms with E-state index in [1.807, 2.05) is 0 Å². The molecule has 0 saturated heterocycles. The Hall–Kier alpha value is -1.58. The van der Waals surface area contributed by atoms with Crippen LogP contribution in [-0.4, -0.2) is 17.2 Å². The highest BCUT2D eigenvalue weighted by molar-refractivity contribution is 5.86. The molecule has 0 aromatic heterocycles. The molecule has 0 aliphatic heterocycles. The highest BCUT2D eigenvalue weighted by Gasteiger charge is 2.57. The smallest absolute Gasteiger partial charge is 0.229 e. The summed E-state index contributed by atoms with van der Waals surface area (Å²) in [6, 6.07) is 6.63. The van der Waals surface area contributed by atoms with Gasteiger partial charge in [0.05, 0.1) is 5.41 Å². The number of hydrogen-bond acceptors (Lipinski definition) is 2. The molecule has 1 aromatic carbocycles. The number of carbonyl (C=O) groups excluding carboxylic acids is 1. The zero-order valence-corrected chi connectivity index (χ0v) is 9.03. The monoisotopic (exact) mass is 223 g/mol. The van der Waals surface area contributed by atoms with E-state index < -0.39 is 11.6 Å². The van der Waals surface area contributed by atoms with Crippen molar-refractivity contribution in [2.24, 2.45) is 5.41 Å². The van der Waals surface area contributed by atoms with E-state index >= 15 is 0 Å². The Balaban J connectivity index is 1.91. The van der Waals surface area contributed by atoms with Gasteiger partial charge in [-0.25, -0.2) is 4.39 Å². The van der Waals surface area contributed by atoms with Crippen molar-refractivity contribution in [1.29, 1.82) is 0 Å². The molecule has 1 saturated carbocycles. The van der Waals surface area contributed by atoms with Gasteiger partial charge in [0.2, 0.25) is 5.91 Å². The minimum absolute atomic E-state index is 0.160. The Labute approximate surface area is 93.3 Å². The highest BCUT2D eigenvalue weighted by atomic mass is 19.1. The first-order valence-corrected chi connectivity index (χ1v) is 5.22. The number of rotatable bonds is 3. The lowest BCUT2D eigenvalue weighted by Crippen LogP contribution is -2.31. The van der Waals surface area contributed by atoms with Crippen LogP contribution in [0.2, 0.25) is 0 Å². The third-order valence-electron chi connectivity index (χ3n) is 3.02. The maximum absolute atomic E-state index is 12.9. The largest absolute Gasteiger partial charge is 0.508 e. The van der Waals surface area contributed by atoms with Crippen LogP contribution in [0.3, 0.4) is 0 Å². The Bertz CT molecular complexity index is 421. The van der Waals surface area contributed by atoms with Crippen molar-refractivity contribution in [3.8, 4) is 5.75 Å². The molecule has 4 heteroatoms. The summed E-state index contributed by atoms with van der Waals surface area (Å²) in [5.41, 5.74) is -0.0374. The van der Waals surface area contributed by atoms with Crippen molar-refractivity contribution >= 4 is 5.91 Å². The number of amides is 1. The fourth-order valence-electron chi connectivity index (χ4n) is 1.60. The quantitative estimate of drug-likeness (QED) is 0.820. The number of phenols is 1. The van der Waals surface area contributed by atoms with Crippen molar-refractivity contribution in [2.75, 3.05) is 0 Å². The van der Waals surface area contributed by atoms with Crippen LogP contribution in [0.1, 0.15) is 18.9 Å². The molecule has 0 heterocycles. The van der Waals surface area contributed by atoms with Gasteiger partial charge in [0, 0.05) is 6.54 Å². The molecule has 86 valence electrons. The summed E-state index contributed by atoms with van der Waals surface area (Å²) in [5.74, 6) is -0.101. The normalized spacial score (nSPS) is 27.5. The number of nitrogens with one attached hydrogen (secondary N) is 1. The molecule has 3 nitrogen and oxygen atoms in total. The van der Waals surface area contributed by atoms with Crippen molar-refractivity contribution in [3.05, 3.63) is 29.8 Å². The highest BCUT2D eigenvalue weighted by Crippen LogP contribution is 2.48. The van der Waals surface area contributed by atoms with E-state index in [0.29, 0.717) is 13.0 Å². The third kappa shape index (κ3) is 2.01. The average molecular weight is 223 g/mol. The third-order valence-corrected chi connectivity index (χ3v) is 3.02. The van der Waals surface area contributed by atoms with E-state index in [1.165, 1.54) is 0 Å². The van der Waals surface area contributed by atoms with Crippen LogP contribution in [0.15, 0.2) is 24.3 Å². The van der Waals surface area contributed by atoms with E-state index in [9.17, 15) is 14.3 Å². The predicted molar refractivity (Wildman–Crippen MR) is 57.6 cm³/mol. The molecule has 1 fully saturated rings. The Morgan fingerprint density at radius 1 is 1.69 bits per heavy atom. The molecule has 1 aromatic rings. The van der Waals surface area contributed by atoms with Crippen molar-refractivity contribution in [1.82, 2.24) is 5.32 Å². The maximum Gasteiger partial charge on any atom is 0.229 e. The number of hydrogen-bond donors (Lipinski definition) is 2. The standard InChI is InChI=1S/C12H14FNO2/c1-12(6-10(12)13)11(16)14-7-8-3-2-4-9(15)5-8/h2-5,10,15H,6-7H2,1H3,(H,14,16)/t10-,12-/m0/s1. The average Bonchev–Trinajstić information content (AvgIpc) is 2.85. The molecule has 0 unspecified atom stereocenters. The lowest BCUT2D eigenvalue weighted by molar-refractivity contribution is -0.126. The topological polar surface area (TPSA) is 49.3 Å². The van der Waals surface area contributed by atoms with Gasteiger partial charge in [-0.1, -0.05) is 12.1 Å². The van der Waals surface area contributed by atoms with E-state index in [0.717, 1.165) is 5.56 Å². The van der Waals surface area contributed by atoms with Crippen LogP contribution in [0.25, 0.3) is 0 Å². The van der Waals surface area contributed by atoms with Gasteiger partial charge in [-0.3, -0.25) is 4.79 Å². The molecule has 16 heavy (non-hydrogen) atoms. The van der Waals surface area contributed by atoms with Crippen LogP contribution in [0.5, 0.6) is 5.75 Å². The molecule has 0 radical (unpaired) electrons.